The third-order valence-electron chi connectivity index (χ3n) is 6.21. The van der Waals surface area contributed by atoms with E-state index in [2.05, 4.69) is 5.32 Å². The van der Waals surface area contributed by atoms with Crippen LogP contribution in [0.25, 0.3) is 0 Å². The molecule has 0 radical (unpaired) electrons. The van der Waals surface area contributed by atoms with Gasteiger partial charge >= 0.3 is 5.97 Å². The molecule has 1 atom stereocenters. The van der Waals surface area contributed by atoms with Crippen LogP contribution >= 0.6 is 0 Å². The van der Waals surface area contributed by atoms with Gasteiger partial charge in [-0.15, -0.1) is 0 Å². The van der Waals surface area contributed by atoms with Crippen molar-refractivity contribution in [2.45, 2.75) is 31.7 Å². The van der Waals surface area contributed by atoms with Gasteiger partial charge in [0.2, 0.25) is 5.91 Å². The highest BCUT2D eigenvalue weighted by molar-refractivity contribution is 5.75. The Morgan fingerprint density at radius 2 is 0.776 bits per heavy atom. The van der Waals surface area contributed by atoms with Crippen molar-refractivity contribution in [3.8, 4) is 0 Å². The number of nitrogens with one attached hydrogen (secondary N) is 1. The predicted molar refractivity (Wildman–Crippen MR) is 178 cm³/mol. The van der Waals surface area contributed by atoms with Gasteiger partial charge in [-0.1, -0.05) is 0 Å². The van der Waals surface area contributed by atoms with Crippen LogP contribution in [0.3, 0.4) is 0 Å². The largest absolute Gasteiger partial charge is 0.480 e. The number of amides is 1. The highest BCUT2D eigenvalue weighted by Crippen LogP contribution is 1.98. The van der Waals surface area contributed by atoms with Crippen molar-refractivity contribution < 1.29 is 71.5 Å². The summed E-state index contributed by atoms with van der Waals surface area (Å²) in [5, 5.41) is 11.5. The van der Waals surface area contributed by atoms with E-state index in [1.54, 1.807) is 7.11 Å². The molecule has 0 aliphatic carbocycles. The quantitative estimate of drug-likeness (QED) is 0.0706. The molecule has 0 aliphatic rings. The zero-order valence-electron chi connectivity index (χ0n) is 29.6. The number of carboxylic acid groups (broad SMARTS) is 1. The van der Waals surface area contributed by atoms with Gasteiger partial charge in [-0.2, -0.15) is 0 Å². The first-order chi connectivity index (χ1) is 24.1. The molecule has 4 N–H and O–H groups in total. The molecule has 0 bridgehead atoms. The maximum absolute atomic E-state index is 11.7. The van der Waals surface area contributed by atoms with Crippen LogP contribution < -0.4 is 11.1 Å². The van der Waals surface area contributed by atoms with Crippen LogP contribution in [0.15, 0.2) is 0 Å². The lowest BCUT2D eigenvalue weighted by molar-refractivity contribution is -0.138. The highest BCUT2D eigenvalue weighted by Gasteiger charge is 2.10. The van der Waals surface area contributed by atoms with Crippen molar-refractivity contribution in [3.63, 3.8) is 0 Å². The maximum atomic E-state index is 11.7. The van der Waals surface area contributed by atoms with Crippen molar-refractivity contribution in [2.24, 2.45) is 5.73 Å². The first kappa shape index (κ1) is 47.4. The number of carbonyl (C=O) groups is 2. The molecule has 1 amide bonds. The van der Waals surface area contributed by atoms with E-state index in [0.717, 1.165) is 0 Å². The molecule has 0 heterocycles. The molecular weight excluding hydrogens is 652 g/mol. The van der Waals surface area contributed by atoms with Crippen LogP contribution in [0.5, 0.6) is 0 Å². The monoisotopic (exact) mass is 716 g/mol. The fourth-order valence-corrected chi connectivity index (χ4v) is 3.54. The van der Waals surface area contributed by atoms with Crippen LogP contribution in [-0.4, -0.2) is 189 Å². The number of ether oxygens (including phenoxy) is 12. The van der Waals surface area contributed by atoms with Gasteiger partial charge in [0.1, 0.15) is 6.04 Å². The molecule has 0 fully saturated rings. The fourth-order valence-electron chi connectivity index (χ4n) is 3.54. The van der Waals surface area contributed by atoms with Crippen LogP contribution in [0.4, 0.5) is 0 Å². The van der Waals surface area contributed by atoms with Crippen LogP contribution in [0.1, 0.15) is 25.7 Å². The van der Waals surface area contributed by atoms with Gasteiger partial charge in [0.25, 0.3) is 0 Å². The maximum Gasteiger partial charge on any atom is 0.320 e. The fraction of sp³-hybridized carbons (Fsp3) is 0.938. The first-order valence-corrected chi connectivity index (χ1v) is 17.2. The number of rotatable bonds is 42. The van der Waals surface area contributed by atoms with Gasteiger partial charge < -0.3 is 73.0 Å². The number of carboxylic acids is 1. The van der Waals surface area contributed by atoms with Crippen LogP contribution in [0.2, 0.25) is 0 Å². The second-order valence-corrected chi connectivity index (χ2v) is 10.3. The van der Waals surface area contributed by atoms with Crippen LogP contribution in [0, 0.1) is 0 Å². The Bertz CT molecular complexity index is 697. The summed E-state index contributed by atoms with van der Waals surface area (Å²) in [7, 11) is 1.64. The lowest BCUT2D eigenvalue weighted by Crippen LogP contribution is -2.30. The summed E-state index contributed by atoms with van der Waals surface area (Å²) in [6.07, 6.45) is 1.97. The molecule has 0 spiro atoms. The molecule has 0 saturated heterocycles. The van der Waals surface area contributed by atoms with Gasteiger partial charge in [-0.3, -0.25) is 9.59 Å². The van der Waals surface area contributed by atoms with E-state index in [1.807, 2.05) is 0 Å². The van der Waals surface area contributed by atoms with Gasteiger partial charge in [-0.05, 0) is 19.3 Å². The Hall–Kier alpha value is -1.58. The number of methoxy groups -OCH3 is 1. The normalized spacial score (nSPS) is 12.0. The Morgan fingerprint density at radius 3 is 1.06 bits per heavy atom. The molecule has 17 heteroatoms. The van der Waals surface area contributed by atoms with Crippen LogP contribution in [-0.2, 0) is 66.4 Å². The molecule has 0 aromatic rings. The standard InChI is InChI=1S/C32H64N2O15/c1-38-8-9-40-12-13-42-16-17-44-20-21-46-24-25-48-28-29-49-27-26-47-23-22-45-19-18-43-15-14-41-11-10-39-7-5-31(35)34-6-3-2-4-30(33)32(36)37/h30H,2-29,33H2,1H3,(H,34,35)(H,36,37)/t30-/m1/s1. The average Bonchev–Trinajstić information content (AvgIpc) is 3.09. The van der Waals surface area contributed by atoms with E-state index >= 15 is 0 Å². The summed E-state index contributed by atoms with van der Waals surface area (Å²) in [5.74, 6) is -1.11. The van der Waals surface area contributed by atoms with Crippen molar-refractivity contribution in [2.75, 3.05) is 166 Å². The molecular formula is C32H64N2O15. The molecule has 0 saturated carbocycles. The first-order valence-electron chi connectivity index (χ1n) is 17.2. The summed E-state index contributed by atoms with van der Waals surface area (Å²) < 4.78 is 64.6. The minimum Gasteiger partial charge on any atom is -0.480 e. The number of aliphatic carboxylic acids is 1. The molecule has 0 rings (SSSR count). The van der Waals surface area contributed by atoms with Crippen molar-refractivity contribution >= 4 is 11.9 Å². The number of nitrogens with two attached hydrogens (primary N) is 1. The molecule has 0 unspecified atom stereocenters. The molecule has 292 valence electrons. The Balaban J connectivity index is 3.12. The summed E-state index contributed by atoms with van der Waals surface area (Å²) in [4.78, 5) is 22.4. The molecule has 49 heavy (non-hydrogen) atoms. The van der Waals surface area contributed by atoms with E-state index in [-0.39, 0.29) is 12.3 Å². The second kappa shape index (κ2) is 40.8. The van der Waals surface area contributed by atoms with E-state index in [9.17, 15) is 9.59 Å². The lowest BCUT2D eigenvalue weighted by Gasteiger charge is -2.09. The summed E-state index contributed by atoms with van der Waals surface area (Å²) in [5.41, 5.74) is 5.43. The smallest absolute Gasteiger partial charge is 0.320 e. The van der Waals surface area contributed by atoms with E-state index in [4.69, 9.17) is 67.7 Å². The number of hydrogen-bond acceptors (Lipinski definition) is 15. The summed E-state index contributed by atoms with van der Waals surface area (Å²) >= 11 is 0. The van der Waals surface area contributed by atoms with Gasteiger partial charge in [0.05, 0.1) is 152 Å². The number of carbonyl (C=O) groups excluding carboxylic acids is 1. The molecule has 0 aliphatic heterocycles. The zero-order valence-corrected chi connectivity index (χ0v) is 29.6. The van der Waals surface area contributed by atoms with Crippen molar-refractivity contribution in [3.05, 3.63) is 0 Å². The van der Waals surface area contributed by atoms with Gasteiger partial charge in [-0.25, -0.2) is 0 Å². The van der Waals surface area contributed by atoms with Crippen molar-refractivity contribution in [1.82, 2.24) is 5.32 Å². The average molecular weight is 717 g/mol. The van der Waals surface area contributed by atoms with Gasteiger partial charge in [0, 0.05) is 20.1 Å². The third kappa shape index (κ3) is 40.7. The predicted octanol–water partition coefficient (Wildman–Crippen LogP) is -0.0961. The van der Waals surface area contributed by atoms with E-state index in [1.165, 1.54) is 0 Å². The minimum absolute atomic E-state index is 0.107. The SMILES string of the molecule is COCCOCCOCCOCCOCCOCCOCCOCCOCCOCCOCCOCCC(=O)NCCCC[C@@H](N)C(=O)O. The minimum atomic E-state index is -1.01. The molecule has 17 nitrogen and oxygen atoms in total. The highest BCUT2D eigenvalue weighted by atomic mass is 16.6. The Morgan fingerprint density at radius 1 is 0.490 bits per heavy atom. The lowest BCUT2D eigenvalue weighted by atomic mass is 10.1. The van der Waals surface area contributed by atoms with Crippen molar-refractivity contribution in [1.29, 1.82) is 0 Å². The van der Waals surface area contributed by atoms with E-state index in [0.29, 0.717) is 178 Å². The zero-order chi connectivity index (χ0) is 35.7. The summed E-state index contributed by atoms with van der Waals surface area (Å²) in [6.45, 7) is 11.6. The Kier molecular flexibility index (Phi) is 39.5. The third-order valence-corrected chi connectivity index (χ3v) is 6.21. The Labute approximate surface area is 291 Å². The summed E-state index contributed by atoms with van der Waals surface area (Å²) in [6, 6.07) is -0.851. The molecule has 0 aromatic heterocycles. The van der Waals surface area contributed by atoms with Gasteiger partial charge in [0.15, 0.2) is 0 Å². The topological polar surface area (TPSA) is 203 Å². The molecule has 0 aromatic carbocycles. The number of unbranched alkanes of at least 4 members (excludes halogenated alkanes) is 1. The van der Waals surface area contributed by atoms with E-state index < -0.39 is 12.0 Å². The second-order valence-electron chi connectivity index (χ2n) is 10.3. The number of hydrogen-bond donors (Lipinski definition) is 3.